The van der Waals surface area contributed by atoms with Crippen LogP contribution in [0.5, 0.6) is 5.75 Å². The molecule has 4 N–H and O–H groups in total. The molecule has 0 unspecified atom stereocenters. The number of nitrogens with one attached hydrogen (secondary N) is 1. The maximum atomic E-state index is 12.4. The van der Waals surface area contributed by atoms with Crippen LogP contribution < -0.4 is 11.1 Å². The Labute approximate surface area is 131 Å². The number of nitriles is 2. The van der Waals surface area contributed by atoms with Crippen molar-refractivity contribution in [2.45, 2.75) is 0 Å². The first-order valence-electron chi connectivity index (χ1n) is 6.43. The predicted octanol–water partition coefficient (Wildman–Crippen LogP) is 1.46. The molecule has 23 heavy (non-hydrogen) atoms. The molecule has 0 spiro atoms. The quantitative estimate of drug-likeness (QED) is 0.438. The Morgan fingerprint density at radius 3 is 2.48 bits per heavy atom. The zero-order valence-electron chi connectivity index (χ0n) is 11.8. The topological polar surface area (TPSA) is 135 Å². The monoisotopic (exact) mass is 305 g/mol. The number of carbonyl (C=O) groups excluding carboxylic acids is 1. The number of carbonyl (C=O) groups is 1. The van der Waals surface area contributed by atoms with E-state index < -0.39 is 11.9 Å². The van der Waals surface area contributed by atoms with Crippen molar-refractivity contribution in [3.63, 3.8) is 0 Å². The molecule has 0 atom stereocenters. The van der Waals surface area contributed by atoms with Gasteiger partial charge in [-0.1, -0.05) is 30.3 Å². The van der Waals surface area contributed by atoms with Gasteiger partial charge in [0.05, 0.1) is 17.2 Å². The molecule has 0 aliphatic heterocycles. The van der Waals surface area contributed by atoms with Crippen molar-refractivity contribution in [1.29, 1.82) is 10.5 Å². The number of aromatic hydroxyl groups is 1. The molecule has 7 nitrogen and oxygen atoms in total. The fourth-order valence-electron chi connectivity index (χ4n) is 2.08. The molecule has 1 amide bonds. The van der Waals surface area contributed by atoms with Crippen LogP contribution in [0.4, 0.5) is 0 Å². The molecule has 7 heteroatoms. The highest BCUT2D eigenvalue weighted by atomic mass is 16.3. The molecule has 0 heterocycles. The van der Waals surface area contributed by atoms with Gasteiger partial charge >= 0.3 is 0 Å². The molecule has 0 radical (unpaired) electrons. The predicted molar refractivity (Wildman–Crippen MR) is 83.0 cm³/mol. The lowest BCUT2D eigenvalue weighted by atomic mass is 9.93. The largest absolute Gasteiger partial charge is 0.507 e. The summed E-state index contributed by atoms with van der Waals surface area (Å²) in [5, 5.41) is 30.0. The third-order valence-electron chi connectivity index (χ3n) is 3.01. The first kappa shape index (κ1) is 15.5. The van der Waals surface area contributed by atoms with E-state index in [1.165, 1.54) is 18.3 Å². The molecule has 2 aromatic carbocycles. The van der Waals surface area contributed by atoms with Crippen LogP contribution in [0.25, 0.3) is 11.1 Å². The first-order chi connectivity index (χ1) is 11.1. The van der Waals surface area contributed by atoms with Gasteiger partial charge in [0.25, 0.3) is 5.91 Å². The normalized spacial score (nSPS) is 10.4. The van der Waals surface area contributed by atoms with Crippen molar-refractivity contribution in [1.82, 2.24) is 5.32 Å². The highest BCUT2D eigenvalue weighted by Gasteiger charge is 2.21. The Hall–Kier alpha value is -3.84. The molecule has 0 saturated carbocycles. The van der Waals surface area contributed by atoms with Crippen LogP contribution in [-0.2, 0) is 0 Å². The summed E-state index contributed by atoms with van der Waals surface area (Å²) >= 11 is 0. The molecule has 2 aromatic rings. The van der Waals surface area contributed by atoms with Gasteiger partial charge in [0, 0.05) is 5.56 Å². The highest BCUT2D eigenvalue weighted by Crippen LogP contribution is 2.33. The van der Waals surface area contributed by atoms with Gasteiger partial charge in [-0.2, -0.15) is 10.5 Å². The number of phenols is 1. The van der Waals surface area contributed by atoms with E-state index >= 15 is 0 Å². The maximum Gasteiger partial charge on any atom is 0.262 e. The molecule has 0 saturated heterocycles. The zero-order chi connectivity index (χ0) is 16.8. The van der Waals surface area contributed by atoms with E-state index in [1.807, 2.05) is 6.07 Å². The first-order valence-corrected chi connectivity index (χ1v) is 6.43. The van der Waals surface area contributed by atoms with Crippen molar-refractivity contribution in [3.8, 4) is 29.1 Å². The third kappa shape index (κ3) is 3.26. The minimum atomic E-state index is -0.769. The number of benzene rings is 2. The van der Waals surface area contributed by atoms with E-state index in [9.17, 15) is 15.2 Å². The van der Waals surface area contributed by atoms with Crippen LogP contribution in [0, 0.1) is 22.8 Å². The van der Waals surface area contributed by atoms with Gasteiger partial charge in [-0.15, -0.1) is 4.99 Å². The van der Waals surface area contributed by atoms with Crippen LogP contribution in [-0.4, -0.2) is 17.0 Å². The Kier molecular flexibility index (Phi) is 4.56. The lowest BCUT2D eigenvalue weighted by Gasteiger charge is -2.13. The lowest BCUT2D eigenvalue weighted by Crippen LogP contribution is -2.36. The van der Waals surface area contributed by atoms with Crippen LogP contribution in [0.2, 0.25) is 0 Å². The molecule has 0 fully saturated rings. The zero-order valence-corrected chi connectivity index (χ0v) is 11.8. The number of aliphatic imine (C=N–C) groups is 1. The summed E-state index contributed by atoms with van der Waals surface area (Å²) in [4.78, 5) is 15.5. The number of amides is 1. The third-order valence-corrected chi connectivity index (χ3v) is 3.01. The Morgan fingerprint density at radius 2 is 1.87 bits per heavy atom. The second-order valence-electron chi connectivity index (χ2n) is 4.41. The summed E-state index contributed by atoms with van der Waals surface area (Å²) in [5.41, 5.74) is 6.34. The van der Waals surface area contributed by atoms with Gasteiger partial charge in [0.15, 0.2) is 0 Å². The van der Waals surface area contributed by atoms with Crippen molar-refractivity contribution in [2.24, 2.45) is 10.7 Å². The maximum absolute atomic E-state index is 12.4. The molecular weight excluding hydrogens is 294 g/mol. The van der Waals surface area contributed by atoms with Crippen molar-refractivity contribution in [2.75, 3.05) is 0 Å². The van der Waals surface area contributed by atoms with E-state index in [0.717, 1.165) is 0 Å². The van der Waals surface area contributed by atoms with Gasteiger partial charge in [0.1, 0.15) is 5.75 Å². The average molecular weight is 305 g/mol. The number of hydrogen-bond donors (Lipinski definition) is 3. The van der Waals surface area contributed by atoms with Crippen LogP contribution in [0.1, 0.15) is 15.9 Å². The molecule has 0 aliphatic rings. The van der Waals surface area contributed by atoms with Gasteiger partial charge < -0.3 is 10.8 Å². The average Bonchev–Trinajstić information content (AvgIpc) is 2.55. The Bertz CT molecular complexity index is 861. The highest BCUT2D eigenvalue weighted by molar-refractivity contribution is 6.11. The molecular formula is C16H11N5O2. The van der Waals surface area contributed by atoms with Gasteiger partial charge in [-0.25, -0.2) is 0 Å². The van der Waals surface area contributed by atoms with Crippen LogP contribution >= 0.6 is 0 Å². The number of phenolic OH excluding ortho intramolecular Hbond substituents is 1. The van der Waals surface area contributed by atoms with Gasteiger partial charge in [-0.05, 0) is 17.7 Å². The number of nitrogens with zero attached hydrogens (tertiary/aromatic N) is 3. The SMILES string of the molecule is N#C/N=C(\N)NC(=O)c1c(O)ccc(C#N)c1-c1ccccc1. The van der Waals surface area contributed by atoms with Crippen molar-refractivity contribution < 1.29 is 9.90 Å². The van der Waals surface area contributed by atoms with E-state index in [-0.39, 0.29) is 22.4 Å². The van der Waals surface area contributed by atoms with Crippen molar-refractivity contribution >= 4 is 11.9 Å². The molecule has 112 valence electrons. The van der Waals surface area contributed by atoms with Gasteiger partial charge in [0.2, 0.25) is 12.2 Å². The lowest BCUT2D eigenvalue weighted by molar-refractivity contribution is 0.0974. The molecule has 0 bridgehead atoms. The second kappa shape index (κ2) is 6.74. The summed E-state index contributed by atoms with van der Waals surface area (Å²) in [7, 11) is 0. The number of hydrogen-bond acceptors (Lipinski definition) is 5. The minimum absolute atomic E-state index is 0.119. The summed E-state index contributed by atoms with van der Waals surface area (Å²) in [6.45, 7) is 0. The van der Waals surface area contributed by atoms with E-state index in [2.05, 4.69) is 10.3 Å². The smallest absolute Gasteiger partial charge is 0.262 e. The molecule has 2 rings (SSSR count). The minimum Gasteiger partial charge on any atom is -0.507 e. The summed E-state index contributed by atoms with van der Waals surface area (Å²) < 4.78 is 0. The van der Waals surface area contributed by atoms with E-state index in [1.54, 1.807) is 30.3 Å². The number of rotatable bonds is 2. The fourth-order valence-corrected chi connectivity index (χ4v) is 2.08. The van der Waals surface area contributed by atoms with Crippen molar-refractivity contribution in [3.05, 3.63) is 53.6 Å². The van der Waals surface area contributed by atoms with Crippen LogP contribution in [0.15, 0.2) is 47.5 Å². The van der Waals surface area contributed by atoms with E-state index in [0.29, 0.717) is 5.56 Å². The number of guanidine groups is 1. The fraction of sp³-hybridized carbons (Fsp3) is 0. The molecule has 0 aliphatic carbocycles. The standard InChI is InChI=1S/C16H11N5O2/c17-8-11-6-7-12(22)14(15(23)21-16(19)20-9-18)13(11)10-4-2-1-3-5-10/h1-7,22H,(H3,19,20,21,23). The Balaban J connectivity index is 2.64. The Morgan fingerprint density at radius 1 is 1.17 bits per heavy atom. The number of nitrogens with two attached hydrogens (primary N) is 1. The summed E-state index contributed by atoms with van der Waals surface area (Å²) in [6.07, 6.45) is 1.44. The summed E-state index contributed by atoms with van der Waals surface area (Å²) in [5.74, 6) is -1.49. The van der Waals surface area contributed by atoms with Gasteiger partial charge in [-0.3, -0.25) is 10.1 Å². The van der Waals surface area contributed by atoms with E-state index in [4.69, 9.17) is 11.0 Å². The second-order valence-corrected chi connectivity index (χ2v) is 4.41. The molecule has 0 aromatic heterocycles. The summed E-state index contributed by atoms with van der Waals surface area (Å²) in [6, 6.07) is 13.3. The van der Waals surface area contributed by atoms with Crippen LogP contribution in [0.3, 0.4) is 0 Å².